The van der Waals surface area contributed by atoms with Crippen molar-refractivity contribution in [3.05, 3.63) is 36.0 Å². The third-order valence-corrected chi connectivity index (χ3v) is 4.40. The summed E-state index contributed by atoms with van der Waals surface area (Å²) in [6.07, 6.45) is 2.11. The first-order valence-electron chi connectivity index (χ1n) is 7.45. The SMILES string of the molecule is Oc1ccccc1-c1cc2c(nn1)CC[C@H]1CNCCN21. The van der Waals surface area contributed by atoms with Gasteiger partial charge >= 0.3 is 0 Å². The maximum absolute atomic E-state index is 10.0. The molecule has 108 valence electrons. The first kappa shape index (κ1) is 12.6. The molecule has 0 unspecified atom stereocenters. The molecule has 0 aliphatic carbocycles. The summed E-state index contributed by atoms with van der Waals surface area (Å²) < 4.78 is 0. The molecular formula is C16H18N4O. The number of nitrogens with zero attached hydrogens (tertiary/aromatic N) is 3. The molecule has 0 bridgehead atoms. The summed E-state index contributed by atoms with van der Waals surface area (Å²) in [4.78, 5) is 2.44. The Labute approximate surface area is 123 Å². The van der Waals surface area contributed by atoms with Crippen molar-refractivity contribution in [1.29, 1.82) is 0 Å². The first-order valence-corrected chi connectivity index (χ1v) is 7.45. The van der Waals surface area contributed by atoms with Crippen LogP contribution >= 0.6 is 0 Å². The number of rotatable bonds is 1. The molecule has 1 aromatic carbocycles. The summed E-state index contributed by atoms with van der Waals surface area (Å²) in [5.74, 6) is 0.249. The van der Waals surface area contributed by atoms with Gasteiger partial charge < -0.3 is 15.3 Å². The van der Waals surface area contributed by atoms with E-state index < -0.39 is 0 Å². The molecule has 2 N–H and O–H groups in total. The number of phenolic OH excluding ortho intramolecular Hbond substituents is 1. The largest absolute Gasteiger partial charge is 0.507 e. The van der Waals surface area contributed by atoms with E-state index in [2.05, 4.69) is 26.5 Å². The zero-order valence-corrected chi connectivity index (χ0v) is 11.8. The number of aromatic nitrogens is 2. The highest BCUT2D eigenvalue weighted by Crippen LogP contribution is 2.34. The van der Waals surface area contributed by atoms with E-state index in [1.807, 2.05) is 18.2 Å². The molecule has 2 aliphatic heterocycles. The van der Waals surface area contributed by atoms with Crippen LogP contribution in [0, 0.1) is 0 Å². The average molecular weight is 282 g/mol. The molecule has 1 fully saturated rings. The number of aromatic hydroxyl groups is 1. The van der Waals surface area contributed by atoms with Gasteiger partial charge in [0.1, 0.15) is 5.75 Å². The second-order valence-corrected chi connectivity index (χ2v) is 5.67. The summed E-state index contributed by atoms with van der Waals surface area (Å²) in [6.45, 7) is 3.04. The lowest BCUT2D eigenvalue weighted by atomic mass is 9.97. The summed E-state index contributed by atoms with van der Waals surface area (Å²) in [5, 5.41) is 22.2. The van der Waals surface area contributed by atoms with Crippen LogP contribution in [0.5, 0.6) is 5.75 Å². The van der Waals surface area contributed by atoms with E-state index in [0.29, 0.717) is 6.04 Å². The van der Waals surface area contributed by atoms with Gasteiger partial charge in [0.2, 0.25) is 0 Å². The minimum atomic E-state index is 0.249. The smallest absolute Gasteiger partial charge is 0.125 e. The minimum Gasteiger partial charge on any atom is -0.507 e. The fraction of sp³-hybridized carbons (Fsp3) is 0.375. The van der Waals surface area contributed by atoms with Gasteiger partial charge in [0, 0.05) is 31.2 Å². The Kier molecular flexibility index (Phi) is 3.00. The molecule has 0 radical (unpaired) electrons. The third-order valence-electron chi connectivity index (χ3n) is 4.40. The van der Waals surface area contributed by atoms with E-state index >= 15 is 0 Å². The van der Waals surface area contributed by atoms with Gasteiger partial charge in [0.15, 0.2) is 0 Å². The van der Waals surface area contributed by atoms with Crippen LogP contribution in [-0.2, 0) is 6.42 Å². The summed E-state index contributed by atoms with van der Waals surface area (Å²) in [6, 6.07) is 9.91. The average Bonchev–Trinajstić information content (AvgIpc) is 2.55. The second kappa shape index (κ2) is 5.00. The van der Waals surface area contributed by atoms with E-state index in [1.54, 1.807) is 6.07 Å². The molecule has 2 aromatic rings. The van der Waals surface area contributed by atoms with Crippen LogP contribution in [0.1, 0.15) is 12.1 Å². The van der Waals surface area contributed by atoms with Gasteiger partial charge in [-0.25, -0.2) is 0 Å². The second-order valence-electron chi connectivity index (χ2n) is 5.67. The first-order chi connectivity index (χ1) is 10.3. The molecule has 1 aromatic heterocycles. The van der Waals surface area contributed by atoms with E-state index in [-0.39, 0.29) is 5.75 Å². The molecule has 0 saturated carbocycles. The van der Waals surface area contributed by atoms with Crippen molar-refractivity contribution < 1.29 is 5.11 Å². The highest BCUT2D eigenvalue weighted by molar-refractivity contribution is 5.71. The number of nitrogens with one attached hydrogen (secondary N) is 1. The lowest BCUT2D eigenvalue weighted by molar-refractivity contribution is 0.435. The van der Waals surface area contributed by atoms with Gasteiger partial charge in [-0.2, -0.15) is 5.10 Å². The van der Waals surface area contributed by atoms with Gasteiger partial charge in [0.05, 0.1) is 17.1 Å². The monoisotopic (exact) mass is 282 g/mol. The Morgan fingerprint density at radius 1 is 1.24 bits per heavy atom. The Bertz CT molecular complexity index is 673. The number of hydrogen-bond donors (Lipinski definition) is 2. The molecule has 0 amide bonds. The van der Waals surface area contributed by atoms with Gasteiger partial charge in [-0.15, -0.1) is 5.10 Å². The Morgan fingerprint density at radius 3 is 3.05 bits per heavy atom. The fourth-order valence-corrected chi connectivity index (χ4v) is 3.30. The molecule has 3 heterocycles. The third kappa shape index (κ3) is 2.14. The quantitative estimate of drug-likeness (QED) is 0.831. The van der Waals surface area contributed by atoms with Gasteiger partial charge in [-0.3, -0.25) is 0 Å². The number of anilines is 1. The molecule has 2 aliphatic rings. The molecule has 5 heteroatoms. The van der Waals surface area contributed by atoms with Crippen molar-refractivity contribution >= 4 is 5.69 Å². The molecule has 21 heavy (non-hydrogen) atoms. The minimum absolute atomic E-state index is 0.249. The highest BCUT2D eigenvalue weighted by Gasteiger charge is 2.29. The van der Waals surface area contributed by atoms with Gasteiger partial charge in [0.25, 0.3) is 0 Å². The fourth-order valence-electron chi connectivity index (χ4n) is 3.30. The number of hydrogen-bond acceptors (Lipinski definition) is 5. The summed E-state index contributed by atoms with van der Waals surface area (Å²) in [7, 11) is 0. The standard InChI is InChI=1S/C16H18N4O/c21-16-4-2-1-3-12(16)14-9-15-13(18-19-14)6-5-11-10-17-7-8-20(11)15/h1-4,9,11,17,21H,5-8,10H2/t11-/m0/s1. The lowest BCUT2D eigenvalue weighted by Gasteiger charge is -2.41. The Morgan fingerprint density at radius 2 is 2.14 bits per heavy atom. The molecule has 4 rings (SSSR count). The van der Waals surface area contributed by atoms with Crippen LogP contribution in [0.4, 0.5) is 5.69 Å². The van der Waals surface area contributed by atoms with E-state index in [4.69, 9.17) is 0 Å². The van der Waals surface area contributed by atoms with E-state index in [1.165, 1.54) is 5.69 Å². The highest BCUT2D eigenvalue weighted by atomic mass is 16.3. The predicted molar refractivity (Wildman–Crippen MR) is 81.5 cm³/mol. The van der Waals surface area contributed by atoms with Crippen molar-refractivity contribution in [2.45, 2.75) is 18.9 Å². The maximum atomic E-state index is 10.0. The maximum Gasteiger partial charge on any atom is 0.125 e. The normalized spacial score (nSPS) is 20.8. The number of para-hydroxylation sites is 1. The molecule has 1 atom stereocenters. The number of fused-ring (bicyclic) bond motifs is 3. The zero-order chi connectivity index (χ0) is 14.2. The Hall–Kier alpha value is -2.14. The summed E-state index contributed by atoms with van der Waals surface area (Å²) in [5.41, 5.74) is 3.74. The van der Waals surface area contributed by atoms with Crippen LogP contribution in [-0.4, -0.2) is 41.0 Å². The van der Waals surface area contributed by atoms with Crippen molar-refractivity contribution in [2.75, 3.05) is 24.5 Å². The molecule has 1 saturated heterocycles. The Balaban J connectivity index is 1.78. The lowest BCUT2D eigenvalue weighted by Crippen LogP contribution is -2.53. The van der Waals surface area contributed by atoms with Crippen LogP contribution in [0.2, 0.25) is 0 Å². The molecule has 0 spiro atoms. The van der Waals surface area contributed by atoms with Crippen molar-refractivity contribution in [2.24, 2.45) is 0 Å². The molecule has 5 nitrogen and oxygen atoms in total. The van der Waals surface area contributed by atoms with E-state index in [0.717, 1.165) is 49.4 Å². The van der Waals surface area contributed by atoms with Crippen molar-refractivity contribution in [3.63, 3.8) is 0 Å². The zero-order valence-electron chi connectivity index (χ0n) is 11.8. The topological polar surface area (TPSA) is 61.3 Å². The van der Waals surface area contributed by atoms with Crippen LogP contribution < -0.4 is 10.2 Å². The summed E-state index contributed by atoms with van der Waals surface area (Å²) >= 11 is 0. The number of piperazine rings is 1. The van der Waals surface area contributed by atoms with Gasteiger partial charge in [-0.05, 0) is 31.0 Å². The van der Waals surface area contributed by atoms with E-state index in [9.17, 15) is 5.11 Å². The van der Waals surface area contributed by atoms with Crippen molar-refractivity contribution in [3.8, 4) is 17.0 Å². The van der Waals surface area contributed by atoms with Gasteiger partial charge in [-0.1, -0.05) is 12.1 Å². The van der Waals surface area contributed by atoms with Crippen LogP contribution in [0.15, 0.2) is 30.3 Å². The van der Waals surface area contributed by atoms with Crippen LogP contribution in [0.3, 0.4) is 0 Å². The number of phenols is 1. The molecular weight excluding hydrogens is 264 g/mol. The van der Waals surface area contributed by atoms with Crippen molar-refractivity contribution in [1.82, 2.24) is 15.5 Å². The number of benzene rings is 1. The predicted octanol–water partition coefficient (Wildman–Crippen LogP) is 1.57. The number of aryl methyl sites for hydroxylation is 1. The van der Waals surface area contributed by atoms with Crippen LogP contribution in [0.25, 0.3) is 11.3 Å².